The Balaban J connectivity index is 1.84. The van der Waals surface area contributed by atoms with Crippen LogP contribution in [0.5, 0.6) is 0 Å². The maximum absolute atomic E-state index is 12.3. The van der Waals surface area contributed by atoms with E-state index in [1.54, 1.807) is 18.2 Å². The number of rotatable bonds is 5. The number of amides is 1. The average Bonchev–Trinajstić information content (AvgIpc) is 3.12. The number of non-ortho nitro benzene ring substituents is 1. The lowest BCUT2D eigenvalue weighted by Gasteiger charge is -2.06. The van der Waals surface area contributed by atoms with Gasteiger partial charge in [-0.05, 0) is 24.3 Å². The van der Waals surface area contributed by atoms with Crippen molar-refractivity contribution in [3.63, 3.8) is 0 Å². The number of carbonyl (C=O) groups excluding carboxylic acids is 1. The summed E-state index contributed by atoms with van der Waals surface area (Å²) in [5.74, 6) is -1.56. The van der Waals surface area contributed by atoms with E-state index in [0.717, 1.165) is 0 Å². The van der Waals surface area contributed by atoms with Gasteiger partial charge in [-0.2, -0.15) is 0 Å². The molecular formula is C18H12N2O6. The minimum absolute atomic E-state index is 0.0494. The number of nitro benzene ring substituents is 1. The molecule has 0 atom stereocenters. The van der Waals surface area contributed by atoms with Gasteiger partial charge in [0.05, 0.1) is 16.2 Å². The van der Waals surface area contributed by atoms with Crippen molar-refractivity contribution in [3.8, 4) is 11.3 Å². The Kier molecular flexibility index (Phi) is 4.48. The third-order valence-electron chi connectivity index (χ3n) is 3.58. The molecule has 1 heterocycles. The molecule has 0 radical (unpaired) electrons. The van der Waals surface area contributed by atoms with Crippen molar-refractivity contribution < 1.29 is 24.0 Å². The summed E-state index contributed by atoms with van der Waals surface area (Å²) in [6, 6.07) is 14.7. The Morgan fingerprint density at radius 1 is 1.04 bits per heavy atom. The zero-order valence-electron chi connectivity index (χ0n) is 13.2. The molecule has 2 aromatic carbocycles. The molecule has 0 saturated heterocycles. The van der Waals surface area contributed by atoms with E-state index in [0.29, 0.717) is 5.56 Å². The maximum Gasteiger partial charge on any atom is 0.337 e. The first-order valence-corrected chi connectivity index (χ1v) is 7.44. The van der Waals surface area contributed by atoms with Crippen molar-refractivity contribution in [2.24, 2.45) is 0 Å². The van der Waals surface area contributed by atoms with Crippen LogP contribution >= 0.6 is 0 Å². The van der Waals surface area contributed by atoms with Gasteiger partial charge in [0.25, 0.3) is 11.6 Å². The second-order valence-electron chi connectivity index (χ2n) is 5.28. The van der Waals surface area contributed by atoms with E-state index >= 15 is 0 Å². The smallest absolute Gasteiger partial charge is 0.337 e. The summed E-state index contributed by atoms with van der Waals surface area (Å²) in [6.45, 7) is 0. The lowest BCUT2D eigenvalue weighted by Crippen LogP contribution is -2.14. The molecule has 0 bridgehead atoms. The van der Waals surface area contributed by atoms with Crippen LogP contribution < -0.4 is 5.32 Å². The van der Waals surface area contributed by atoms with Crippen LogP contribution in [0.2, 0.25) is 0 Å². The van der Waals surface area contributed by atoms with Crippen molar-refractivity contribution in [2.75, 3.05) is 5.32 Å². The normalized spacial score (nSPS) is 10.3. The number of hydrogen-bond donors (Lipinski definition) is 2. The van der Waals surface area contributed by atoms with E-state index in [9.17, 15) is 19.7 Å². The number of carbonyl (C=O) groups is 2. The van der Waals surface area contributed by atoms with Crippen molar-refractivity contribution in [3.05, 3.63) is 82.1 Å². The predicted octanol–water partition coefficient (Wildman–Crippen LogP) is 3.81. The molecular weight excluding hydrogens is 340 g/mol. The van der Waals surface area contributed by atoms with Crippen molar-refractivity contribution >= 4 is 23.3 Å². The minimum atomic E-state index is -1.17. The fourth-order valence-corrected chi connectivity index (χ4v) is 2.35. The SMILES string of the molecule is O=C(Nc1ccccc1C(=O)O)c1ccc(-c2cccc([N+](=O)[O-])c2)o1. The van der Waals surface area contributed by atoms with Gasteiger partial charge in [0, 0.05) is 17.7 Å². The summed E-state index contributed by atoms with van der Waals surface area (Å²) in [4.78, 5) is 33.8. The first kappa shape index (κ1) is 16.9. The zero-order valence-corrected chi connectivity index (χ0v) is 13.2. The Morgan fingerprint density at radius 3 is 2.54 bits per heavy atom. The topological polar surface area (TPSA) is 123 Å². The van der Waals surface area contributed by atoms with E-state index < -0.39 is 16.8 Å². The van der Waals surface area contributed by atoms with E-state index in [2.05, 4.69) is 5.32 Å². The molecule has 8 heteroatoms. The van der Waals surface area contributed by atoms with Crippen molar-refractivity contribution in [2.45, 2.75) is 0 Å². The molecule has 0 unspecified atom stereocenters. The van der Waals surface area contributed by atoms with Gasteiger partial charge in [-0.3, -0.25) is 14.9 Å². The monoisotopic (exact) mass is 352 g/mol. The van der Waals surface area contributed by atoms with Gasteiger partial charge >= 0.3 is 5.97 Å². The molecule has 1 aromatic heterocycles. The molecule has 0 spiro atoms. The van der Waals surface area contributed by atoms with Crippen LogP contribution in [0, 0.1) is 10.1 Å². The number of aromatic carboxylic acids is 1. The van der Waals surface area contributed by atoms with E-state index in [4.69, 9.17) is 9.52 Å². The number of benzene rings is 2. The molecule has 3 aromatic rings. The lowest BCUT2D eigenvalue weighted by molar-refractivity contribution is -0.384. The highest BCUT2D eigenvalue weighted by atomic mass is 16.6. The summed E-state index contributed by atoms with van der Waals surface area (Å²) < 4.78 is 5.46. The Hall–Kier alpha value is -3.94. The Morgan fingerprint density at radius 2 is 1.81 bits per heavy atom. The van der Waals surface area contributed by atoms with Crippen LogP contribution in [0.15, 0.2) is 65.1 Å². The van der Waals surface area contributed by atoms with Crippen molar-refractivity contribution in [1.29, 1.82) is 0 Å². The Bertz CT molecular complexity index is 1010. The number of hydrogen-bond acceptors (Lipinski definition) is 5. The number of furan rings is 1. The number of anilines is 1. The zero-order chi connectivity index (χ0) is 18.7. The molecule has 26 heavy (non-hydrogen) atoms. The van der Waals surface area contributed by atoms with E-state index in [1.807, 2.05) is 0 Å². The van der Waals surface area contributed by atoms with Crippen LogP contribution in [0.3, 0.4) is 0 Å². The van der Waals surface area contributed by atoms with Gasteiger partial charge < -0.3 is 14.8 Å². The molecule has 0 saturated carbocycles. The van der Waals surface area contributed by atoms with E-state index in [1.165, 1.54) is 42.5 Å². The summed E-state index contributed by atoms with van der Waals surface area (Å²) in [6.07, 6.45) is 0. The molecule has 0 fully saturated rings. The van der Waals surface area contributed by atoms with Crippen LogP contribution in [-0.2, 0) is 0 Å². The largest absolute Gasteiger partial charge is 0.478 e. The summed E-state index contributed by atoms with van der Waals surface area (Å²) in [5, 5.41) is 22.5. The van der Waals surface area contributed by atoms with Gasteiger partial charge in [0.1, 0.15) is 5.76 Å². The van der Waals surface area contributed by atoms with Crippen molar-refractivity contribution in [1.82, 2.24) is 0 Å². The molecule has 0 aliphatic rings. The van der Waals surface area contributed by atoms with Gasteiger partial charge in [0.2, 0.25) is 0 Å². The summed E-state index contributed by atoms with van der Waals surface area (Å²) >= 11 is 0. The fraction of sp³-hybridized carbons (Fsp3) is 0. The van der Waals surface area contributed by atoms with Crippen LogP contribution in [0.4, 0.5) is 11.4 Å². The average molecular weight is 352 g/mol. The minimum Gasteiger partial charge on any atom is -0.478 e. The maximum atomic E-state index is 12.3. The first-order valence-electron chi connectivity index (χ1n) is 7.44. The molecule has 0 aliphatic heterocycles. The summed E-state index contributed by atoms with van der Waals surface area (Å²) in [5.41, 5.74) is 0.439. The number of carboxylic acids is 1. The second kappa shape index (κ2) is 6.89. The standard InChI is InChI=1S/C18H12N2O6/c21-17(19-14-7-2-1-6-13(14)18(22)23)16-9-8-15(26-16)11-4-3-5-12(10-11)20(24)25/h1-10H,(H,19,21)(H,22,23). The number of nitro groups is 1. The Labute approximate surface area is 146 Å². The third kappa shape index (κ3) is 3.44. The van der Waals surface area contributed by atoms with E-state index in [-0.39, 0.29) is 28.5 Å². The van der Waals surface area contributed by atoms with Gasteiger partial charge in [-0.15, -0.1) is 0 Å². The highest BCUT2D eigenvalue weighted by Crippen LogP contribution is 2.26. The van der Waals surface area contributed by atoms with Gasteiger partial charge in [0.15, 0.2) is 5.76 Å². The third-order valence-corrected chi connectivity index (χ3v) is 3.58. The first-order chi connectivity index (χ1) is 12.5. The molecule has 1 amide bonds. The highest BCUT2D eigenvalue weighted by molar-refractivity contribution is 6.06. The lowest BCUT2D eigenvalue weighted by atomic mass is 10.1. The predicted molar refractivity (Wildman–Crippen MR) is 92.2 cm³/mol. The van der Waals surface area contributed by atoms with Gasteiger partial charge in [-0.25, -0.2) is 4.79 Å². The van der Waals surface area contributed by atoms with Crippen LogP contribution in [-0.4, -0.2) is 21.9 Å². The molecule has 130 valence electrons. The number of para-hydroxylation sites is 1. The number of nitrogens with zero attached hydrogens (tertiary/aromatic N) is 1. The quantitative estimate of drug-likeness (QED) is 0.532. The molecule has 2 N–H and O–H groups in total. The second-order valence-corrected chi connectivity index (χ2v) is 5.28. The van der Waals surface area contributed by atoms with Gasteiger partial charge in [-0.1, -0.05) is 24.3 Å². The molecule has 8 nitrogen and oxygen atoms in total. The fourth-order valence-electron chi connectivity index (χ4n) is 2.35. The number of carboxylic acid groups (broad SMARTS) is 1. The van der Waals surface area contributed by atoms with Crippen LogP contribution in [0.1, 0.15) is 20.9 Å². The molecule has 3 rings (SSSR count). The van der Waals surface area contributed by atoms with Crippen LogP contribution in [0.25, 0.3) is 11.3 Å². The highest BCUT2D eigenvalue weighted by Gasteiger charge is 2.17. The summed E-state index contributed by atoms with van der Waals surface area (Å²) in [7, 11) is 0. The number of nitrogens with one attached hydrogen (secondary N) is 1. The molecule has 0 aliphatic carbocycles.